The number of rotatable bonds is 0. The Labute approximate surface area is 66.6 Å². The number of carbonyl (C=O) groups excluding carboxylic acids is 1. The largest absolute Gasteiger partial charge is 0.393 e. The van der Waals surface area contributed by atoms with Gasteiger partial charge in [-0.1, -0.05) is 6.42 Å². The molecular weight excluding hydrogens is 140 g/mol. The summed E-state index contributed by atoms with van der Waals surface area (Å²) in [5.74, 6) is 0.353. The van der Waals surface area contributed by atoms with Crippen LogP contribution in [0.15, 0.2) is 0 Å². The van der Waals surface area contributed by atoms with Crippen molar-refractivity contribution in [1.29, 1.82) is 0 Å². The Morgan fingerprint density at radius 3 is 2.73 bits per heavy atom. The minimum absolute atomic E-state index is 0.0249. The maximum Gasteiger partial charge on any atom is 0.133 e. The van der Waals surface area contributed by atoms with Crippen LogP contribution in [-0.2, 0) is 4.79 Å². The minimum Gasteiger partial charge on any atom is -0.393 e. The van der Waals surface area contributed by atoms with Crippen molar-refractivity contribution in [2.45, 2.75) is 44.6 Å². The molecule has 0 unspecified atom stereocenters. The third-order valence-electron chi connectivity index (χ3n) is 3.31. The van der Waals surface area contributed by atoms with Crippen molar-refractivity contribution in [2.75, 3.05) is 0 Å². The molecule has 0 amide bonds. The fourth-order valence-electron chi connectivity index (χ4n) is 2.58. The molecule has 62 valence electrons. The van der Waals surface area contributed by atoms with E-state index in [0.29, 0.717) is 18.6 Å². The molecule has 2 nitrogen and oxygen atoms in total. The van der Waals surface area contributed by atoms with E-state index in [4.69, 9.17) is 0 Å². The molecule has 1 spiro atoms. The topological polar surface area (TPSA) is 37.3 Å². The molecule has 2 saturated carbocycles. The first-order valence-corrected chi connectivity index (χ1v) is 4.43. The zero-order valence-electron chi connectivity index (χ0n) is 6.68. The van der Waals surface area contributed by atoms with E-state index in [1.54, 1.807) is 0 Å². The SMILES string of the molecule is O=C1CC[C@]2(CCC[C@H]2O)C1. The monoisotopic (exact) mass is 154 g/mol. The van der Waals surface area contributed by atoms with Gasteiger partial charge in [0.1, 0.15) is 5.78 Å². The second-order valence-electron chi connectivity index (χ2n) is 3.99. The molecule has 0 saturated heterocycles. The molecule has 0 bridgehead atoms. The van der Waals surface area contributed by atoms with Gasteiger partial charge >= 0.3 is 0 Å². The molecule has 2 aliphatic rings. The van der Waals surface area contributed by atoms with Crippen LogP contribution < -0.4 is 0 Å². The summed E-state index contributed by atoms with van der Waals surface area (Å²) in [6, 6.07) is 0. The molecule has 2 rings (SSSR count). The van der Waals surface area contributed by atoms with E-state index in [0.717, 1.165) is 25.7 Å². The predicted molar refractivity (Wildman–Crippen MR) is 41.1 cm³/mol. The zero-order chi connectivity index (χ0) is 7.90. The fraction of sp³-hybridized carbons (Fsp3) is 0.889. The molecule has 0 heterocycles. The van der Waals surface area contributed by atoms with Crippen LogP contribution in [0.1, 0.15) is 38.5 Å². The molecule has 2 heteroatoms. The molecule has 0 aromatic rings. The van der Waals surface area contributed by atoms with Gasteiger partial charge in [-0.2, -0.15) is 0 Å². The molecule has 0 radical (unpaired) electrons. The van der Waals surface area contributed by atoms with Crippen molar-refractivity contribution in [3.63, 3.8) is 0 Å². The summed E-state index contributed by atoms with van der Waals surface area (Å²) in [6.07, 6.45) is 5.19. The molecule has 0 aromatic carbocycles. The molecular formula is C9H14O2. The number of aliphatic hydroxyl groups is 1. The van der Waals surface area contributed by atoms with Gasteiger partial charge in [0.05, 0.1) is 6.10 Å². The maximum atomic E-state index is 11.0. The molecule has 0 aliphatic heterocycles. The van der Waals surface area contributed by atoms with Gasteiger partial charge in [-0.05, 0) is 19.3 Å². The average Bonchev–Trinajstić information content (AvgIpc) is 2.46. The lowest BCUT2D eigenvalue weighted by molar-refractivity contribution is -0.118. The van der Waals surface area contributed by atoms with Crippen molar-refractivity contribution >= 4 is 5.78 Å². The predicted octanol–water partition coefficient (Wildman–Crippen LogP) is 1.27. The summed E-state index contributed by atoms with van der Waals surface area (Å²) in [6.45, 7) is 0. The summed E-state index contributed by atoms with van der Waals surface area (Å²) in [5.41, 5.74) is 0.0249. The number of ketones is 1. The first-order valence-electron chi connectivity index (χ1n) is 4.43. The molecule has 2 fully saturated rings. The Kier molecular flexibility index (Phi) is 1.53. The van der Waals surface area contributed by atoms with Crippen LogP contribution in [0.2, 0.25) is 0 Å². The van der Waals surface area contributed by atoms with E-state index in [1.165, 1.54) is 0 Å². The Hall–Kier alpha value is -0.370. The summed E-state index contributed by atoms with van der Waals surface area (Å²) in [4.78, 5) is 11.0. The quantitative estimate of drug-likeness (QED) is 0.570. The molecule has 0 aromatic heterocycles. The second-order valence-corrected chi connectivity index (χ2v) is 3.99. The van der Waals surface area contributed by atoms with Gasteiger partial charge in [0.2, 0.25) is 0 Å². The smallest absolute Gasteiger partial charge is 0.133 e. The fourth-order valence-corrected chi connectivity index (χ4v) is 2.58. The highest BCUT2D eigenvalue weighted by atomic mass is 16.3. The molecule has 1 N–H and O–H groups in total. The lowest BCUT2D eigenvalue weighted by Gasteiger charge is -2.25. The highest BCUT2D eigenvalue weighted by Crippen LogP contribution is 2.49. The molecule has 2 aliphatic carbocycles. The van der Waals surface area contributed by atoms with E-state index in [9.17, 15) is 9.90 Å². The van der Waals surface area contributed by atoms with E-state index < -0.39 is 0 Å². The molecule has 11 heavy (non-hydrogen) atoms. The lowest BCUT2D eigenvalue weighted by Crippen LogP contribution is -2.26. The van der Waals surface area contributed by atoms with Gasteiger partial charge in [0.15, 0.2) is 0 Å². The van der Waals surface area contributed by atoms with Crippen LogP contribution in [0.5, 0.6) is 0 Å². The Morgan fingerprint density at radius 2 is 2.27 bits per heavy atom. The van der Waals surface area contributed by atoms with Crippen LogP contribution in [-0.4, -0.2) is 17.0 Å². The van der Waals surface area contributed by atoms with E-state index in [2.05, 4.69) is 0 Å². The first kappa shape index (κ1) is 7.29. The van der Waals surface area contributed by atoms with E-state index >= 15 is 0 Å². The van der Waals surface area contributed by atoms with Crippen LogP contribution in [0.3, 0.4) is 0 Å². The van der Waals surface area contributed by atoms with E-state index in [1.807, 2.05) is 0 Å². The highest BCUT2D eigenvalue weighted by molar-refractivity contribution is 5.81. The van der Waals surface area contributed by atoms with Crippen molar-refractivity contribution in [3.8, 4) is 0 Å². The number of aliphatic hydroxyl groups excluding tert-OH is 1. The van der Waals surface area contributed by atoms with Crippen molar-refractivity contribution in [1.82, 2.24) is 0 Å². The standard InChI is InChI=1S/C9H14O2/c10-7-3-5-9(6-7)4-1-2-8(9)11/h8,11H,1-6H2/t8-,9-/m1/s1. The summed E-state index contributed by atoms with van der Waals surface area (Å²) < 4.78 is 0. The summed E-state index contributed by atoms with van der Waals surface area (Å²) in [5, 5.41) is 9.64. The number of hydrogen-bond donors (Lipinski definition) is 1. The van der Waals surface area contributed by atoms with E-state index in [-0.39, 0.29) is 11.5 Å². The minimum atomic E-state index is -0.186. The second kappa shape index (κ2) is 2.31. The summed E-state index contributed by atoms with van der Waals surface area (Å²) >= 11 is 0. The normalized spacial score (nSPS) is 44.1. The van der Waals surface area contributed by atoms with Crippen LogP contribution in [0.25, 0.3) is 0 Å². The Morgan fingerprint density at radius 1 is 1.45 bits per heavy atom. The third-order valence-corrected chi connectivity index (χ3v) is 3.31. The Balaban J connectivity index is 2.16. The van der Waals surface area contributed by atoms with Gasteiger partial charge in [-0.25, -0.2) is 0 Å². The Bertz CT molecular complexity index is 188. The van der Waals surface area contributed by atoms with Gasteiger partial charge < -0.3 is 5.11 Å². The van der Waals surface area contributed by atoms with Gasteiger partial charge in [-0.3, -0.25) is 4.79 Å². The van der Waals surface area contributed by atoms with Crippen molar-refractivity contribution in [3.05, 3.63) is 0 Å². The lowest BCUT2D eigenvalue weighted by atomic mass is 9.82. The van der Waals surface area contributed by atoms with Crippen LogP contribution in [0, 0.1) is 5.41 Å². The van der Waals surface area contributed by atoms with Gasteiger partial charge in [-0.15, -0.1) is 0 Å². The first-order chi connectivity index (χ1) is 5.23. The molecule has 2 atom stereocenters. The van der Waals surface area contributed by atoms with Gasteiger partial charge in [0, 0.05) is 18.3 Å². The van der Waals surface area contributed by atoms with Gasteiger partial charge in [0.25, 0.3) is 0 Å². The number of carbonyl (C=O) groups is 1. The van der Waals surface area contributed by atoms with Crippen molar-refractivity contribution < 1.29 is 9.90 Å². The van der Waals surface area contributed by atoms with Crippen LogP contribution in [0.4, 0.5) is 0 Å². The number of hydrogen-bond acceptors (Lipinski definition) is 2. The average molecular weight is 154 g/mol. The maximum absolute atomic E-state index is 11.0. The van der Waals surface area contributed by atoms with Crippen molar-refractivity contribution in [2.24, 2.45) is 5.41 Å². The third kappa shape index (κ3) is 1.00. The highest BCUT2D eigenvalue weighted by Gasteiger charge is 2.46. The number of Topliss-reactive ketones (excluding diaryl/α,β-unsaturated/α-hetero) is 1. The summed E-state index contributed by atoms with van der Waals surface area (Å²) in [7, 11) is 0. The van der Waals surface area contributed by atoms with Crippen LogP contribution >= 0.6 is 0 Å². The zero-order valence-corrected chi connectivity index (χ0v) is 6.68.